The van der Waals surface area contributed by atoms with Crippen molar-refractivity contribution >= 4 is 11.7 Å². The van der Waals surface area contributed by atoms with Crippen LogP contribution in [0.5, 0.6) is 0 Å². The number of carbonyl (C=O) groups is 1. The van der Waals surface area contributed by atoms with Crippen molar-refractivity contribution < 1.29 is 14.3 Å². The van der Waals surface area contributed by atoms with Gasteiger partial charge in [-0.1, -0.05) is 6.07 Å². The quantitative estimate of drug-likeness (QED) is 0.356. The fourth-order valence-electron chi connectivity index (χ4n) is 1.34. The van der Waals surface area contributed by atoms with Crippen molar-refractivity contribution in [3.63, 3.8) is 0 Å². The van der Waals surface area contributed by atoms with Crippen LogP contribution in [0.15, 0.2) is 24.3 Å². The van der Waals surface area contributed by atoms with E-state index < -0.39 is 5.97 Å². The molecule has 0 aliphatic heterocycles. The minimum atomic E-state index is -0.400. The van der Waals surface area contributed by atoms with Crippen LogP contribution in [0.25, 0.3) is 0 Å². The van der Waals surface area contributed by atoms with Gasteiger partial charge in [0, 0.05) is 5.69 Å². The molecule has 1 aromatic rings. The van der Waals surface area contributed by atoms with Gasteiger partial charge >= 0.3 is 5.97 Å². The van der Waals surface area contributed by atoms with Crippen molar-refractivity contribution in [2.45, 2.75) is 12.8 Å². The smallest absolute Gasteiger partial charge is 0.340 e. The Labute approximate surface area is 94.3 Å². The third-order valence-electron chi connectivity index (χ3n) is 2.45. The molecule has 0 unspecified atom stereocenters. The molecule has 0 saturated heterocycles. The van der Waals surface area contributed by atoms with E-state index in [1.54, 1.807) is 24.3 Å². The molecule has 1 aliphatic rings. The second-order valence-corrected chi connectivity index (χ2v) is 3.99. The predicted octanol–water partition coefficient (Wildman–Crippen LogP) is 1.81. The van der Waals surface area contributed by atoms with E-state index in [0.717, 1.165) is 0 Å². The molecule has 2 N–H and O–H groups in total. The monoisotopic (exact) mass is 221 g/mol. The number of nitrogens with two attached hydrogens (primary N) is 1. The normalized spacial score (nSPS) is 14.8. The van der Waals surface area contributed by atoms with Gasteiger partial charge in [-0.15, -0.1) is 0 Å². The lowest BCUT2D eigenvalue weighted by molar-refractivity contribution is -0.0344. The van der Waals surface area contributed by atoms with Crippen LogP contribution in [0.4, 0.5) is 5.69 Å². The number of anilines is 1. The topological polar surface area (TPSA) is 61.6 Å². The number of esters is 1. The Hall–Kier alpha value is -1.55. The highest BCUT2D eigenvalue weighted by Gasteiger charge is 2.21. The van der Waals surface area contributed by atoms with Crippen LogP contribution in [0.3, 0.4) is 0 Å². The molecule has 0 spiro atoms. The Morgan fingerprint density at radius 2 is 2.25 bits per heavy atom. The van der Waals surface area contributed by atoms with Gasteiger partial charge in [-0.25, -0.2) is 4.79 Å². The van der Waals surface area contributed by atoms with Gasteiger partial charge in [0.05, 0.1) is 12.2 Å². The summed E-state index contributed by atoms with van der Waals surface area (Å²) in [5.41, 5.74) is 6.56. The number of hydrogen-bond acceptors (Lipinski definition) is 4. The molecule has 86 valence electrons. The summed E-state index contributed by atoms with van der Waals surface area (Å²) < 4.78 is 10.2. The summed E-state index contributed by atoms with van der Waals surface area (Å²) in [4.78, 5) is 11.5. The molecule has 1 aromatic carbocycles. The third kappa shape index (κ3) is 3.24. The molecule has 4 nitrogen and oxygen atoms in total. The number of ether oxygens (including phenoxy) is 2. The summed E-state index contributed by atoms with van der Waals surface area (Å²) in [6.45, 7) is 0.703. The van der Waals surface area contributed by atoms with Crippen molar-refractivity contribution in [2.75, 3.05) is 19.1 Å². The Morgan fingerprint density at radius 3 is 2.94 bits per heavy atom. The van der Waals surface area contributed by atoms with Crippen LogP contribution in [0, 0.1) is 5.92 Å². The standard InChI is InChI=1S/C12H15NO3/c13-11-3-1-2-10(6-11)12(14)16-8-15-7-9-4-5-9/h1-3,6,9H,4-5,7-8,13H2. The second-order valence-electron chi connectivity index (χ2n) is 3.99. The average Bonchev–Trinajstić information content (AvgIpc) is 3.08. The van der Waals surface area contributed by atoms with Crippen molar-refractivity contribution in [2.24, 2.45) is 5.92 Å². The highest BCUT2D eigenvalue weighted by molar-refractivity contribution is 5.90. The number of rotatable bonds is 5. The number of benzene rings is 1. The lowest BCUT2D eigenvalue weighted by Crippen LogP contribution is -2.10. The highest BCUT2D eigenvalue weighted by Crippen LogP contribution is 2.28. The fraction of sp³-hybridized carbons (Fsp3) is 0.417. The minimum absolute atomic E-state index is 0.0180. The van der Waals surface area contributed by atoms with Gasteiger partial charge in [0.15, 0.2) is 6.79 Å². The molecule has 1 fully saturated rings. The molecule has 0 atom stereocenters. The van der Waals surface area contributed by atoms with Crippen LogP contribution in [0.2, 0.25) is 0 Å². The van der Waals surface area contributed by atoms with Gasteiger partial charge in [0.2, 0.25) is 0 Å². The van der Waals surface area contributed by atoms with E-state index in [-0.39, 0.29) is 6.79 Å². The SMILES string of the molecule is Nc1cccc(C(=O)OCOCC2CC2)c1. The summed E-state index contributed by atoms with van der Waals surface area (Å²) in [5, 5.41) is 0. The van der Waals surface area contributed by atoms with E-state index in [0.29, 0.717) is 23.8 Å². The van der Waals surface area contributed by atoms with E-state index >= 15 is 0 Å². The zero-order chi connectivity index (χ0) is 11.4. The Bertz CT molecular complexity index is 374. The van der Waals surface area contributed by atoms with Gasteiger partial charge in [0.1, 0.15) is 0 Å². The van der Waals surface area contributed by atoms with Crippen LogP contribution in [-0.4, -0.2) is 19.4 Å². The summed E-state index contributed by atoms with van der Waals surface area (Å²) in [6, 6.07) is 6.69. The van der Waals surface area contributed by atoms with E-state index in [4.69, 9.17) is 15.2 Å². The number of nitrogen functional groups attached to an aromatic ring is 1. The van der Waals surface area contributed by atoms with E-state index in [1.165, 1.54) is 12.8 Å². The first-order valence-electron chi connectivity index (χ1n) is 5.36. The van der Waals surface area contributed by atoms with Crippen molar-refractivity contribution in [1.82, 2.24) is 0 Å². The summed E-state index contributed by atoms with van der Waals surface area (Å²) >= 11 is 0. The van der Waals surface area contributed by atoms with E-state index in [9.17, 15) is 4.79 Å². The predicted molar refractivity (Wildman–Crippen MR) is 59.8 cm³/mol. The summed E-state index contributed by atoms with van der Waals surface area (Å²) in [7, 11) is 0. The molecule has 4 heteroatoms. The Kier molecular flexibility index (Phi) is 3.41. The maximum atomic E-state index is 11.5. The summed E-state index contributed by atoms with van der Waals surface area (Å²) in [6.07, 6.45) is 2.45. The first-order chi connectivity index (χ1) is 7.75. The minimum Gasteiger partial charge on any atom is -0.435 e. The second kappa shape index (κ2) is 4.99. The molecule has 2 rings (SSSR count). The number of carbonyl (C=O) groups excluding carboxylic acids is 1. The Balaban J connectivity index is 1.73. The zero-order valence-electron chi connectivity index (χ0n) is 9.02. The molecule has 0 aromatic heterocycles. The van der Waals surface area contributed by atoms with Crippen molar-refractivity contribution in [3.8, 4) is 0 Å². The largest absolute Gasteiger partial charge is 0.435 e. The van der Waals surface area contributed by atoms with Crippen molar-refractivity contribution in [3.05, 3.63) is 29.8 Å². The van der Waals surface area contributed by atoms with Gasteiger partial charge in [-0.2, -0.15) is 0 Å². The first kappa shape index (κ1) is 11.0. The van der Waals surface area contributed by atoms with Crippen LogP contribution in [-0.2, 0) is 9.47 Å². The first-order valence-corrected chi connectivity index (χ1v) is 5.36. The average molecular weight is 221 g/mol. The molecule has 0 heterocycles. The molecule has 0 radical (unpaired) electrons. The van der Waals surface area contributed by atoms with Crippen LogP contribution >= 0.6 is 0 Å². The fourth-order valence-corrected chi connectivity index (χ4v) is 1.34. The maximum absolute atomic E-state index is 11.5. The van der Waals surface area contributed by atoms with E-state index in [2.05, 4.69) is 0 Å². The maximum Gasteiger partial charge on any atom is 0.340 e. The molecule has 1 saturated carbocycles. The lowest BCUT2D eigenvalue weighted by atomic mass is 10.2. The van der Waals surface area contributed by atoms with Crippen LogP contribution in [0.1, 0.15) is 23.2 Å². The van der Waals surface area contributed by atoms with Crippen molar-refractivity contribution in [1.29, 1.82) is 0 Å². The zero-order valence-corrected chi connectivity index (χ0v) is 9.02. The number of hydrogen-bond donors (Lipinski definition) is 1. The summed E-state index contributed by atoms with van der Waals surface area (Å²) in [5.74, 6) is 0.272. The van der Waals surface area contributed by atoms with Gasteiger partial charge in [-0.05, 0) is 37.0 Å². The molecule has 1 aliphatic carbocycles. The lowest BCUT2D eigenvalue weighted by Gasteiger charge is -2.05. The molecular formula is C12H15NO3. The molecule has 0 bridgehead atoms. The third-order valence-corrected chi connectivity index (χ3v) is 2.45. The molecule has 0 amide bonds. The Morgan fingerprint density at radius 1 is 1.44 bits per heavy atom. The molecular weight excluding hydrogens is 206 g/mol. The van der Waals surface area contributed by atoms with Crippen LogP contribution < -0.4 is 5.73 Å². The van der Waals surface area contributed by atoms with Gasteiger partial charge < -0.3 is 15.2 Å². The molecule has 16 heavy (non-hydrogen) atoms. The van der Waals surface area contributed by atoms with Gasteiger partial charge in [0.25, 0.3) is 0 Å². The highest BCUT2D eigenvalue weighted by atomic mass is 16.7. The van der Waals surface area contributed by atoms with Gasteiger partial charge in [-0.3, -0.25) is 0 Å². The van der Waals surface area contributed by atoms with E-state index in [1.807, 2.05) is 0 Å².